The topological polar surface area (TPSA) is 87.5 Å². The minimum Gasteiger partial charge on any atom is -0.491 e. The van der Waals surface area contributed by atoms with Gasteiger partial charge in [-0.2, -0.15) is 0 Å². The van der Waals surface area contributed by atoms with Gasteiger partial charge >= 0.3 is 0 Å². The summed E-state index contributed by atoms with van der Waals surface area (Å²) >= 11 is 0. The number of nitrogens with one attached hydrogen (secondary N) is 2. The van der Waals surface area contributed by atoms with Gasteiger partial charge in [-0.3, -0.25) is 4.79 Å². The highest BCUT2D eigenvalue weighted by atomic mass is 16.5. The number of fused-ring (bicyclic) bond motifs is 5. The van der Waals surface area contributed by atoms with Crippen LogP contribution < -0.4 is 15.6 Å². The number of pyridine rings is 1. The second-order valence-corrected chi connectivity index (χ2v) is 7.55. The second kappa shape index (κ2) is 8.26. The smallest absolute Gasteiger partial charge is 0.260 e. The van der Waals surface area contributed by atoms with E-state index in [1.165, 1.54) is 0 Å². The molecule has 0 aliphatic heterocycles. The molecule has 0 saturated heterocycles. The van der Waals surface area contributed by atoms with Crippen molar-refractivity contribution in [3.63, 3.8) is 0 Å². The molecule has 6 nitrogen and oxygen atoms in total. The molecule has 0 saturated carbocycles. The number of aromatic nitrogens is 1. The number of hydrogen-bond acceptors (Lipinski definition) is 5. The zero-order valence-corrected chi connectivity index (χ0v) is 16.8. The van der Waals surface area contributed by atoms with Gasteiger partial charge in [0.05, 0.1) is 10.9 Å². The first kappa shape index (κ1) is 19.4. The number of para-hydroxylation sites is 1. The number of aliphatic hydroxyl groups is 1. The minimum atomic E-state index is -0.656. The molecule has 5 aromatic rings. The Hall–Kier alpha value is -3.61. The van der Waals surface area contributed by atoms with Crippen molar-refractivity contribution in [1.82, 2.24) is 10.3 Å². The summed E-state index contributed by atoms with van der Waals surface area (Å²) in [5, 5.41) is 15.6. The maximum atomic E-state index is 12.7. The van der Waals surface area contributed by atoms with E-state index in [2.05, 4.69) is 10.3 Å². The number of furan rings is 1. The molecule has 0 spiro atoms. The van der Waals surface area contributed by atoms with Crippen molar-refractivity contribution in [2.75, 3.05) is 13.2 Å². The van der Waals surface area contributed by atoms with Crippen LogP contribution in [0.2, 0.25) is 0 Å². The van der Waals surface area contributed by atoms with Crippen LogP contribution >= 0.6 is 0 Å². The third-order valence-electron chi connectivity index (χ3n) is 5.30. The lowest BCUT2D eigenvalue weighted by atomic mass is 10.1. The fourth-order valence-corrected chi connectivity index (χ4v) is 3.79. The van der Waals surface area contributed by atoms with Crippen LogP contribution in [0.4, 0.5) is 0 Å². The number of H-pyrrole nitrogens is 1. The van der Waals surface area contributed by atoms with Gasteiger partial charge in [-0.15, -0.1) is 0 Å². The van der Waals surface area contributed by atoms with E-state index in [-0.39, 0.29) is 12.2 Å². The summed E-state index contributed by atoms with van der Waals surface area (Å²) in [5.41, 5.74) is 2.84. The van der Waals surface area contributed by atoms with E-state index >= 15 is 0 Å². The van der Waals surface area contributed by atoms with Crippen molar-refractivity contribution in [3.05, 3.63) is 88.7 Å². The van der Waals surface area contributed by atoms with Crippen molar-refractivity contribution in [2.45, 2.75) is 12.6 Å². The Bertz CT molecular complexity index is 1410. The summed E-state index contributed by atoms with van der Waals surface area (Å²) in [5.74, 6) is 0.570. The molecule has 3 N–H and O–H groups in total. The maximum Gasteiger partial charge on any atom is 0.260 e. The first-order chi connectivity index (χ1) is 15.2. The van der Waals surface area contributed by atoms with E-state index in [0.29, 0.717) is 40.9 Å². The van der Waals surface area contributed by atoms with E-state index < -0.39 is 6.10 Å². The lowest BCUT2D eigenvalue weighted by Gasteiger charge is -2.14. The van der Waals surface area contributed by atoms with Gasteiger partial charge in [-0.05, 0) is 23.8 Å². The van der Waals surface area contributed by atoms with Gasteiger partial charge in [0.15, 0.2) is 0 Å². The first-order valence-electron chi connectivity index (χ1n) is 10.2. The standard InChI is InChI=1S/C25H22N2O4/c28-17(14-26-13-16-6-2-1-3-7-16)15-30-18-10-11-19-21(12-18)27-25(29)23-20-8-4-5-9-22(20)31-24(19)23/h1-12,17,26,28H,13-15H2,(H,27,29). The monoisotopic (exact) mass is 414 g/mol. The number of aliphatic hydroxyl groups excluding tert-OH is 1. The van der Waals surface area contributed by atoms with Crippen molar-refractivity contribution in [2.24, 2.45) is 0 Å². The lowest BCUT2D eigenvalue weighted by molar-refractivity contribution is 0.106. The van der Waals surface area contributed by atoms with Crippen LogP contribution in [0.1, 0.15) is 5.56 Å². The quantitative estimate of drug-likeness (QED) is 0.375. The Labute approximate surface area is 178 Å². The Kier molecular flexibility index (Phi) is 5.16. The summed E-state index contributed by atoms with van der Waals surface area (Å²) in [6.45, 7) is 1.24. The van der Waals surface area contributed by atoms with Crippen LogP contribution in [-0.4, -0.2) is 29.3 Å². The lowest BCUT2D eigenvalue weighted by Crippen LogP contribution is -2.31. The largest absolute Gasteiger partial charge is 0.491 e. The van der Waals surface area contributed by atoms with Gasteiger partial charge in [0.1, 0.15) is 29.6 Å². The Morgan fingerprint density at radius 2 is 1.81 bits per heavy atom. The summed E-state index contributed by atoms with van der Waals surface area (Å²) in [4.78, 5) is 15.6. The highest BCUT2D eigenvalue weighted by Crippen LogP contribution is 2.31. The van der Waals surface area contributed by atoms with Crippen molar-refractivity contribution in [1.29, 1.82) is 0 Å². The number of rotatable bonds is 7. The highest BCUT2D eigenvalue weighted by Gasteiger charge is 2.14. The zero-order chi connectivity index (χ0) is 21.2. The van der Waals surface area contributed by atoms with Crippen molar-refractivity contribution >= 4 is 32.8 Å². The molecule has 0 amide bonds. The summed E-state index contributed by atoms with van der Waals surface area (Å²) in [7, 11) is 0. The Balaban J connectivity index is 1.30. The van der Waals surface area contributed by atoms with E-state index in [4.69, 9.17) is 9.15 Å². The predicted molar refractivity (Wildman–Crippen MR) is 121 cm³/mol. The molecule has 1 unspecified atom stereocenters. The highest BCUT2D eigenvalue weighted by molar-refractivity contribution is 6.13. The SMILES string of the molecule is O=c1[nH]c2cc(OCC(O)CNCc3ccccc3)ccc2c2oc3ccccc3c12. The molecular weight excluding hydrogens is 392 g/mol. The van der Waals surface area contributed by atoms with E-state index in [9.17, 15) is 9.90 Å². The normalized spacial score (nSPS) is 12.5. The predicted octanol–water partition coefficient (Wildman–Crippen LogP) is 3.96. The van der Waals surface area contributed by atoms with Gasteiger partial charge in [0, 0.05) is 29.9 Å². The maximum absolute atomic E-state index is 12.7. The molecule has 2 aromatic heterocycles. The zero-order valence-electron chi connectivity index (χ0n) is 16.8. The average molecular weight is 414 g/mol. The Morgan fingerprint density at radius 3 is 2.68 bits per heavy atom. The molecule has 6 heteroatoms. The fourth-order valence-electron chi connectivity index (χ4n) is 3.79. The summed E-state index contributed by atoms with van der Waals surface area (Å²) in [6, 6.07) is 23.0. The third-order valence-corrected chi connectivity index (χ3v) is 5.30. The molecule has 31 heavy (non-hydrogen) atoms. The van der Waals surface area contributed by atoms with Crippen LogP contribution in [0.15, 0.2) is 82.0 Å². The van der Waals surface area contributed by atoms with Gasteiger partial charge in [0.2, 0.25) is 0 Å². The van der Waals surface area contributed by atoms with Gasteiger partial charge in [-0.1, -0.05) is 48.5 Å². The minimum absolute atomic E-state index is 0.143. The van der Waals surface area contributed by atoms with E-state index in [0.717, 1.165) is 16.3 Å². The molecule has 0 aliphatic carbocycles. The average Bonchev–Trinajstić information content (AvgIpc) is 3.19. The molecule has 0 radical (unpaired) electrons. The van der Waals surface area contributed by atoms with Crippen LogP contribution in [0.25, 0.3) is 32.8 Å². The Morgan fingerprint density at radius 1 is 1.00 bits per heavy atom. The molecule has 5 rings (SSSR count). The molecule has 0 fully saturated rings. The number of aromatic amines is 1. The van der Waals surface area contributed by atoms with E-state index in [1.807, 2.05) is 66.7 Å². The second-order valence-electron chi connectivity index (χ2n) is 7.55. The third kappa shape index (κ3) is 3.91. The molecule has 156 valence electrons. The van der Waals surface area contributed by atoms with E-state index in [1.54, 1.807) is 6.07 Å². The van der Waals surface area contributed by atoms with Crippen LogP contribution in [-0.2, 0) is 6.54 Å². The number of ether oxygens (including phenoxy) is 1. The van der Waals surface area contributed by atoms with Crippen LogP contribution in [0.5, 0.6) is 5.75 Å². The summed E-state index contributed by atoms with van der Waals surface area (Å²) in [6.07, 6.45) is -0.656. The van der Waals surface area contributed by atoms with Crippen LogP contribution in [0, 0.1) is 0 Å². The molecular formula is C25H22N2O4. The molecule has 0 bridgehead atoms. The molecule has 1 atom stereocenters. The van der Waals surface area contributed by atoms with Crippen molar-refractivity contribution < 1.29 is 14.3 Å². The number of hydrogen-bond donors (Lipinski definition) is 3. The van der Waals surface area contributed by atoms with Crippen molar-refractivity contribution in [3.8, 4) is 5.75 Å². The molecule has 2 heterocycles. The molecule has 3 aromatic carbocycles. The van der Waals surface area contributed by atoms with Crippen LogP contribution in [0.3, 0.4) is 0 Å². The van der Waals surface area contributed by atoms with Gasteiger partial charge in [0.25, 0.3) is 5.56 Å². The number of benzene rings is 3. The first-order valence-corrected chi connectivity index (χ1v) is 10.2. The summed E-state index contributed by atoms with van der Waals surface area (Å²) < 4.78 is 11.7. The fraction of sp³-hybridized carbons (Fsp3) is 0.160. The van der Waals surface area contributed by atoms with Gasteiger partial charge < -0.3 is 24.6 Å². The molecule has 0 aliphatic rings. The van der Waals surface area contributed by atoms with Gasteiger partial charge in [-0.25, -0.2) is 0 Å².